The maximum absolute atomic E-state index is 12.0. The Morgan fingerprint density at radius 3 is 2.27 bits per heavy atom. The quantitative estimate of drug-likeness (QED) is 0.491. The Hall–Kier alpha value is -0.0900. The van der Waals surface area contributed by atoms with E-state index in [0.717, 1.165) is 11.4 Å². The topological polar surface area (TPSA) is 52.6 Å². The second kappa shape index (κ2) is 7.23. The molecule has 0 fully saturated rings. The molecule has 15 heavy (non-hydrogen) atoms. The molecule has 0 rings (SSSR count). The van der Waals surface area contributed by atoms with Gasteiger partial charge in [0.15, 0.2) is 5.78 Å². The summed E-state index contributed by atoms with van der Waals surface area (Å²) in [5, 5.41) is -0.466. The molecule has 1 unspecified atom stereocenters. The average molecular weight is 252 g/mol. The third kappa shape index (κ3) is 5.52. The van der Waals surface area contributed by atoms with Crippen molar-refractivity contribution in [3.05, 3.63) is 12.7 Å². The first kappa shape index (κ1) is 14.9. The monoisotopic (exact) mass is 252 g/mol. The number of rotatable bonds is 8. The van der Waals surface area contributed by atoms with Crippen LogP contribution in [0.15, 0.2) is 12.7 Å². The van der Waals surface area contributed by atoms with Gasteiger partial charge in [-0.15, -0.1) is 0 Å². The smallest absolute Gasteiger partial charge is 0.301 e. The van der Waals surface area contributed by atoms with Gasteiger partial charge in [0.25, 0.3) is 0 Å². The van der Waals surface area contributed by atoms with Crippen LogP contribution < -0.4 is 0 Å². The molecule has 4 nitrogen and oxygen atoms in total. The first-order valence-corrected chi connectivity index (χ1v) is 7.75. The molecule has 0 saturated carbocycles. The molecule has 0 aromatic rings. The molecule has 0 radical (unpaired) electrons. The Morgan fingerprint density at radius 1 is 1.47 bits per heavy atom. The summed E-state index contributed by atoms with van der Waals surface area (Å²) in [6, 6.07) is 0. The van der Waals surface area contributed by atoms with E-state index in [-0.39, 0.29) is 5.78 Å². The van der Waals surface area contributed by atoms with Crippen LogP contribution in [0.5, 0.6) is 0 Å². The number of allylic oxidation sites excluding steroid dienone is 1. The van der Waals surface area contributed by atoms with Crippen LogP contribution in [0, 0.1) is 0 Å². The predicted octanol–water partition coefficient (Wildman–Crippen LogP) is 3.04. The molecule has 0 spiro atoms. The van der Waals surface area contributed by atoms with E-state index in [1.165, 1.54) is 6.08 Å². The summed E-state index contributed by atoms with van der Waals surface area (Å²) in [4.78, 5) is 11.2. The zero-order valence-electron chi connectivity index (χ0n) is 9.26. The Labute approximate surface area is 94.7 Å². The third-order valence-electron chi connectivity index (χ3n) is 1.46. The second-order valence-electron chi connectivity index (χ2n) is 2.64. The van der Waals surface area contributed by atoms with Gasteiger partial charge in [-0.25, -0.2) is 4.57 Å². The summed E-state index contributed by atoms with van der Waals surface area (Å²) in [7, 11) is 0. The highest BCUT2D eigenvalue weighted by Crippen LogP contribution is 2.62. The fourth-order valence-corrected chi connectivity index (χ4v) is 4.71. The molecule has 0 aliphatic heterocycles. The normalized spacial score (nSPS) is 13.5. The van der Waals surface area contributed by atoms with E-state index in [4.69, 9.17) is 9.05 Å². The summed E-state index contributed by atoms with van der Waals surface area (Å²) < 4.78 is 22.1. The Balaban J connectivity index is 4.46. The fourth-order valence-electron chi connectivity index (χ4n) is 0.826. The zero-order valence-corrected chi connectivity index (χ0v) is 11.0. The van der Waals surface area contributed by atoms with Gasteiger partial charge in [-0.05, 0) is 38.2 Å². The Kier molecular flexibility index (Phi) is 7.18. The molecule has 0 aromatic heterocycles. The summed E-state index contributed by atoms with van der Waals surface area (Å²) in [5.74, 6) is -0.181. The van der Waals surface area contributed by atoms with Crippen molar-refractivity contribution < 1.29 is 18.4 Å². The van der Waals surface area contributed by atoms with Gasteiger partial charge in [0, 0.05) is 0 Å². The van der Waals surface area contributed by atoms with Crippen LogP contribution in [-0.2, 0) is 18.4 Å². The van der Waals surface area contributed by atoms with Crippen molar-refractivity contribution in [3.8, 4) is 0 Å². The molecular formula is C9H17O4PS. The minimum atomic E-state index is -3.19. The van der Waals surface area contributed by atoms with Crippen LogP contribution in [0.25, 0.3) is 0 Å². The van der Waals surface area contributed by atoms with Gasteiger partial charge >= 0.3 is 6.80 Å². The SMILES string of the molecule is C=CC(=O)C(C)SP(=O)(OCC)OCC. The van der Waals surface area contributed by atoms with Crippen molar-refractivity contribution in [2.45, 2.75) is 26.0 Å². The number of carbonyl (C=O) groups excluding carboxylic acids is 1. The van der Waals surface area contributed by atoms with Crippen LogP contribution in [0.2, 0.25) is 0 Å². The minimum Gasteiger partial charge on any atom is -0.301 e. The van der Waals surface area contributed by atoms with Crippen LogP contribution >= 0.6 is 18.2 Å². The number of ketones is 1. The van der Waals surface area contributed by atoms with E-state index in [0.29, 0.717) is 13.2 Å². The molecule has 0 amide bonds. The number of hydrogen-bond acceptors (Lipinski definition) is 5. The van der Waals surface area contributed by atoms with E-state index in [1.807, 2.05) is 0 Å². The van der Waals surface area contributed by atoms with Gasteiger partial charge in [-0.2, -0.15) is 0 Å². The molecule has 88 valence electrons. The van der Waals surface area contributed by atoms with Crippen molar-refractivity contribution in [3.63, 3.8) is 0 Å². The standard InChI is InChI=1S/C9H17O4PS/c1-5-9(10)8(4)15-14(11,12-6-2)13-7-3/h5,8H,1,6-7H2,2-4H3. The van der Waals surface area contributed by atoms with Gasteiger partial charge in [-0.3, -0.25) is 4.79 Å². The van der Waals surface area contributed by atoms with Crippen molar-refractivity contribution >= 4 is 24.0 Å². The molecule has 0 saturated heterocycles. The van der Waals surface area contributed by atoms with Gasteiger partial charge in [0.05, 0.1) is 18.5 Å². The number of carbonyl (C=O) groups is 1. The Bertz CT molecular complexity index is 257. The summed E-state index contributed by atoms with van der Waals surface area (Å²) in [5.41, 5.74) is 0. The molecular weight excluding hydrogens is 235 g/mol. The van der Waals surface area contributed by atoms with E-state index >= 15 is 0 Å². The van der Waals surface area contributed by atoms with Gasteiger partial charge in [0.1, 0.15) is 0 Å². The van der Waals surface area contributed by atoms with Crippen LogP contribution in [0.1, 0.15) is 20.8 Å². The molecule has 0 aromatic carbocycles. The molecule has 0 N–H and O–H groups in total. The van der Waals surface area contributed by atoms with Crippen molar-refractivity contribution in [1.29, 1.82) is 0 Å². The molecule has 1 atom stereocenters. The van der Waals surface area contributed by atoms with Gasteiger partial charge in [-0.1, -0.05) is 6.58 Å². The molecule has 0 bridgehead atoms. The highest BCUT2D eigenvalue weighted by atomic mass is 32.7. The van der Waals surface area contributed by atoms with Crippen LogP contribution in [-0.4, -0.2) is 24.2 Å². The largest absolute Gasteiger partial charge is 0.389 e. The maximum atomic E-state index is 12.0. The predicted molar refractivity (Wildman–Crippen MR) is 63.1 cm³/mol. The second-order valence-corrected chi connectivity index (χ2v) is 6.94. The zero-order chi connectivity index (χ0) is 11.9. The first-order valence-electron chi connectivity index (χ1n) is 4.72. The van der Waals surface area contributed by atoms with Gasteiger partial charge in [0.2, 0.25) is 0 Å². The van der Waals surface area contributed by atoms with E-state index in [2.05, 4.69) is 6.58 Å². The molecule has 6 heteroatoms. The highest BCUT2D eigenvalue weighted by Gasteiger charge is 2.29. The molecule has 0 aliphatic carbocycles. The van der Waals surface area contributed by atoms with E-state index in [9.17, 15) is 9.36 Å². The summed E-state index contributed by atoms with van der Waals surface area (Å²) in [6.07, 6.45) is 1.21. The summed E-state index contributed by atoms with van der Waals surface area (Å²) in [6.45, 7) is 5.87. The maximum Gasteiger partial charge on any atom is 0.389 e. The van der Waals surface area contributed by atoms with Crippen LogP contribution in [0.3, 0.4) is 0 Å². The third-order valence-corrected chi connectivity index (χ3v) is 5.77. The summed E-state index contributed by atoms with van der Waals surface area (Å²) >= 11 is 0.919. The van der Waals surface area contributed by atoms with E-state index in [1.54, 1.807) is 20.8 Å². The fraction of sp³-hybridized carbons (Fsp3) is 0.667. The average Bonchev–Trinajstić information content (AvgIpc) is 2.16. The van der Waals surface area contributed by atoms with Crippen molar-refractivity contribution in [1.82, 2.24) is 0 Å². The van der Waals surface area contributed by atoms with Crippen molar-refractivity contribution in [2.75, 3.05) is 13.2 Å². The lowest BCUT2D eigenvalue weighted by Gasteiger charge is -2.18. The minimum absolute atomic E-state index is 0.181. The molecule has 0 heterocycles. The lowest BCUT2D eigenvalue weighted by Crippen LogP contribution is -2.10. The molecule has 0 aliphatic rings. The van der Waals surface area contributed by atoms with Crippen molar-refractivity contribution in [2.24, 2.45) is 0 Å². The van der Waals surface area contributed by atoms with E-state index < -0.39 is 12.0 Å². The van der Waals surface area contributed by atoms with Gasteiger partial charge < -0.3 is 9.05 Å². The lowest BCUT2D eigenvalue weighted by molar-refractivity contribution is -0.113. The van der Waals surface area contributed by atoms with Crippen LogP contribution in [0.4, 0.5) is 0 Å². The Morgan fingerprint density at radius 2 is 1.93 bits per heavy atom. The number of hydrogen-bond donors (Lipinski definition) is 0. The first-order chi connectivity index (χ1) is 6.99. The lowest BCUT2D eigenvalue weighted by atomic mass is 10.3. The highest BCUT2D eigenvalue weighted by molar-refractivity contribution is 8.55.